The summed E-state index contributed by atoms with van der Waals surface area (Å²) >= 11 is 1.30. The molecule has 1 unspecified atom stereocenters. The summed E-state index contributed by atoms with van der Waals surface area (Å²) in [5, 5.41) is 9.78. The van der Waals surface area contributed by atoms with Crippen LogP contribution in [0.4, 0.5) is 0 Å². The molecule has 0 bridgehead atoms. The van der Waals surface area contributed by atoms with Crippen molar-refractivity contribution in [2.45, 2.75) is 5.92 Å². The minimum absolute atomic E-state index is 0.138. The highest BCUT2D eigenvalue weighted by molar-refractivity contribution is 7.07. The summed E-state index contributed by atoms with van der Waals surface area (Å²) in [6.45, 7) is 0. The Hall–Kier alpha value is -3.80. The summed E-state index contributed by atoms with van der Waals surface area (Å²) in [4.78, 5) is 13.0. The van der Waals surface area contributed by atoms with Crippen LogP contribution in [0.25, 0.3) is 17.5 Å². The van der Waals surface area contributed by atoms with E-state index >= 15 is 0 Å². The number of hydrogen-bond donors (Lipinski definition) is 1. The van der Waals surface area contributed by atoms with Crippen molar-refractivity contribution in [3.05, 3.63) is 96.9 Å². The van der Waals surface area contributed by atoms with Crippen molar-refractivity contribution >= 4 is 28.8 Å². The van der Waals surface area contributed by atoms with Crippen LogP contribution in [0.3, 0.4) is 0 Å². The van der Waals surface area contributed by atoms with E-state index in [-0.39, 0.29) is 17.0 Å². The van der Waals surface area contributed by atoms with E-state index in [9.17, 15) is 10.1 Å². The van der Waals surface area contributed by atoms with Crippen LogP contribution in [0.2, 0.25) is 0 Å². The lowest BCUT2D eigenvalue weighted by molar-refractivity contribution is 0.908. The average Bonchev–Trinajstić information content (AvgIpc) is 3.05. The maximum atomic E-state index is 13.0. The summed E-state index contributed by atoms with van der Waals surface area (Å²) in [5.74, 6) is 2.39. The molecule has 0 spiro atoms. The molecule has 2 aromatic carbocycles. The Morgan fingerprint density at radius 1 is 1.07 bits per heavy atom. The highest BCUT2D eigenvalue weighted by atomic mass is 32.1. The van der Waals surface area contributed by atoms with E-state index in [2.05, 4.69) is 12.0 Å². The first kappa shape index (κ1) is 17.6. The zero-order valence-electron chi connectivity index (χ0n) is 14.8. The lowest BCUT2D eigenvalue weighted by Gasteiger charge is -2.23. The van der Waals surface area contributed by atoms with Crippen LogP contribution in [0.5, 0.6) is 0 Å². The fourth-order valence-electron chi connectivity index (χ4n) is 3.36. The van der Waals surface area contributed by atoms with Gasteiger partial charge in [-0.2, -0.15) is 5.26 Å². The van der Waals surface area contributed by atoms with Gasteiger partial charge < -0.3 is 5.73 Å². The number of terminal acetylenes is 1. The maximum Gasteiger partial charge on any atom is 0.274 e. The van der Waals surface area contributed by atoms with E-state index < -0.39 is 5.92 Å². The predicted octanol–water partition coefficient (Wildman–Crippen LogP) is 1.97. The van der Waals surface area contributed by atoms with E-state index in [4.69, 9.17) is 12.2 Å². The number of nitrogens with two attached hydrogens (primary N) is 1. The van der Waals surface area contributed by atoms with Crippen molar-refractivity contribution in [2.75, 3.05) is 0 Å². The number of nitriles is 1. The first-order chi connectivity index (χ1) is 13.7. The Morgan fingerprint density at radius 2 is 1.71 bits per heavy atom. The second-order valence-electron chi connectivity index (χ2n) is 6.28. The Bertz CT molecular complexity index is 1350. The fourth-order valence-corrected chi connectivity index (χ4v) is 4.50. The molecule has 28 heavy (non-hydrogen) atoms. The van der Waals surface area contributed by atoms with Crippen molar-refractivity contribution < 1.29 is 0 Å². The maximum absolute atomic E-state index is 13.0. The Labute approximate surface area is 165 Å². The quantitative estimate of drug-likeness (QED) is 0.690. The SMILES string of the molecule is C#CC1=c2s/c(=C\c3ccccc3)c(=O)n2C(N)=C(C#N)C1c1ccccc1. The number of allylic oxidation sites excluding steroid dienone is 1. The van der Waals surface area contributed by atoms with Crippen LogP contribution in [0.15, 0.2) is 71.0 Å². The molecule has 0 saturated heterocycles. The van der Waals surface area contributed by atoms with Crippen molar-refractivity contribution in [1.29, 1.82) is 5.26 Å². The van der Waals surface area contributed by atoms with Gasteiger partial charge in [-0.25, -0.2) is 0 Å². The monoisotopic (exact) mass is 381 g/mol. The highest BCUT2D eigenvalue weighted by Gasteiger charge is 2.30. The summed E-state index contributed by atoms with van der Waals surface area (Å²) in [6, 6.07) is 21.2. The minimum Gasteiger partial charge on any atom is -0.384 e. The third kappa shape index (κ3) is 2.75. The van der Waals surface area contributed by atoms with Crippen LogP contribution >= 0.6 is 11.3 Å². The minimum atomic E-state index is -0.459. The number of thiazole rings is 1. The van der Waals surface area contributed by atoms with Crippen molar-refractivity contribution in [3.8, 4) is 18.4 Å². The van der Waals surface area contributed by atoms with Crippen molar-refractivity contribution in [2.24, 2.45) is 5.73 Å². The lowest BCUT2D eigenvalue weighted by atomic mass is 9.84. The Kier molecular flexibility index (Phi) is 4.45. The summed E-state index contributed by atoms with van der Waals surface area (Å²) < 4.78 is 2.48. The fraction of sp³-hybridized carbons (Fsp3) is 0.0435. The van der Waals surface area contributed by atoms with Crippen LogP contribution in [0.1, 0.15) is 17.0 Å². The molecule has 1 atom stereocenters. The van der Waals surface area contributed by atoms with Gasteiger partial charge in [0.2, 0.25) is 0 Å². The average molecular weight is 381 g/mol. The zero-order chi connectivity index (χ0) is 19.7. The molecule has 3 aromatic rings. The first-order valence-corrected chi connectivity index (χ1v) is 9.42. The molecular weight excluding hydrogens is 366 g/mol. The van der Waals surface area contributed by atoms with E-state index in [1.54, 1.807) is 0 Å². The number of hydrogen-bond acceptors (Lipinski definition) is 4. The van der Waals surface area contributed by atoms with E-state index in [1.165, 1.54) is 15.9 Å². The zero-order valence-corrected chi connectivity index (χ0v) is 15.6. The van der Waals surface area contributed by atoms with Gasteiger partial charge in [-0.05, 0) is 17.2 Å². The van der Waals surface area contributed by atoms with Gasteiger partial charge in [0.25, 0.3) is 5.56 Å². The largest absolute Gasteiger partial charge is 0.384 e. The first-order valence-electron chi connectivity index (χ1n) is 8.60. The van der Waals surface area contributed by atoms with Gasteiger partial charge in [0, 0.05) is 5.57 Å². The van der Waals surface area contributed by atoms with Gasteiger partial charge >= 0.3 is 0 Å². The third-order valence-electron chi connectivity index (χ3n) is 4.65. The van der Waals surface area contributed by atoms with Gasteiger partial charge in [0.1, 0.15) is 10.5 Å². The molecule has 134 valence electrons. The third-order valence-corrected chi connectivity index (χ3v) is 5.76. The van der Waals surface area contributed by atoms with Crippen LogP contribution < -0.4 is 20.5 Å². The van der Waals surface area contributed by atoms with Crippen molar-refractivity contribution in [1.82, 2.24) is 4.57 Å². The highest BCUT2D eigenvalue weighted by Crippen LogP contribution is 2.35. The molecule has 0 aliphatic carbocycles. The molecule has 4 rings (SSSR count). The number of rotatable bonds is 2. The molecule has 1 aromatic heterocycles. The second-order valence-corrected chi connectivity index (χ2v) is 7.31. The topological polar surface area (TPSA) is 71.8 Å². The smallest absolute Gasteiger partial charge is 0.274 e. The lowest BCUT2D eigenvalue weighted by Crippen LogP contribution is -2.38. The van der Waals surface area contributed by atoms with E-state index in [0.717, 1.165) is 11.1 Å². The molecule has 0 fully saturated rings. The molecule has 0 amide bonds. The van der Waals surface area contributed by atoms with Gasteiger partial charge in [-0.3, -0.25) is 9.36 Å². The molecule has 1 aliphatic rings. The predicted molar refractivity (Wildman–Crippen MR) is 112 cm³/mol. The van der Waals surface area contributed by atoms with Crippen LogP contribution in [-0.4, -0.2) is 4.57 Å². The Balaban J connectivity index is 2.08. The number of aromatic nitrogens is 1. The number of nitrogens with zero attached hydrogens (tertiary/aromatic N) is 2. The summed E-state index contributed by atoms with van der Waals surface area (Å²) in [6.07, 6.45) is 7.65. The number of fused-ring (bicyclic) bond motifs is 1. The number of benzene rings is 2. The molecular formula is C23H15N3OS. The van der Waals surface area contributed by atoms with Gasteiger partial charge in [-0.1, -0.05) is 66.6 Å². The van der Waals surface area contributed by atoms with Crippen LogP contribution in [-0.2, 0) is 0 Å². The molecule has 0 saturated carbocycles. The van der Waals surface area contributed by atoms with E-state index in [1.807, 2.05) is 66.7 Å². The second kappa shape index (κ2) is 7.08. The standard InChI is InChI=1S/C23H15N3OS/c1-2-17-20(16-11-7-4-8-12-16)18(14-24)21(25)26-22(27)19(28-23(17)26)13-15-9-5-3-6-10-15/h1,3-13,20H,25H2/b19-13-. The van der Waals surface area contributed by atoms with E-state index in [0.29, 0.717) is 14.8 Å². The Morgan fingerprint density at radius 3 is 2.32 bits per heavy atom. The van der Waals surface area contributed by atoms with Crippen LogP contribution in [0, 0.1) is 23.7 Å². The molecule has 2 heterocycles. The summed E-state index contributed by atoms with van der Waals surface area (Å²) in [7, 11) is 0. The van der Waals surface area contributed by atoms with Gasteiger partial charge in [0.15, 0.2) is 0 Å². The molecule has 0 radical (unpaired) electrons. The molecule has 4 nitrogen and oxygen atoms in total. The van der Waals surface area contributed by atoms with Gasteiger partial charge in [-0.15, -0.1) is 17.8 Å². The van der Waals surface area contributed by atoms with Crippen molar-refractivity contribution in [3.63, 3.8) is 0 Å². The summed E-state index contributed by atoms with van der Waals surface area (Å²) in [5.41, 5.74) is 8.66. The molecule has 5 heteroatoms. The molecule has 1 aliphatic heterocycles. The molecule has 2 N–H and O–H groups in total. The van der Waals surface area contributed by atoms with Gasteiger partial charge in [0.05, 0.1) is 22.1 Å². The normalized spacial score (nSPS) is 16.4.